The molecule has 5 rings (SSSR count). The monoisotopic (exact) mass is 503 g/mol. The highest BCUT2D eigenvalue weighted by molar-refractivity contribution is 9.10. The number of fused-ring (bicyclic) bond motifs is 4. The van der Waals surface area contributed by atoms with Gasteiger partial charge in [0.2, 0.25) is 5.88 Å². The number of para-hydroxylation sites is 2. The van der Waals surface area contributed by atoms with Crippen LogP contribution in [0.25, 0.3) is 22.1 Å². The molecule has 1 aliphatic heterocycles. The standard InChI is InChI=1S/C24H18BrN5O3/c1-31-17-7-11(8-18(32-2)21(17)25)19-12(10-26)24(28)33-23-13(27)9-16-22(20(19)23)30-15-6-4-3-5-14(15)29-16/h3-9,19H,27-28H2,1-2H3. The zero-order valence-electron chi connectivity index (χ0n) is 17.7. The van der Waals surface area contributed by atoms with Crippen molar-refractivity contribution in [1.82, 2.24) is 9.97 Å². The van der Waals surface area contributed by atoms with Crippen molar-refractivity contribution < 1.29 is 14.2 Å². The number of hydrogen-bond donors (Lipinski definition) is 2. The second-order valence-electron chi connectivity index (χ2n) is 7.45. The zero-order valence-corrected chi connectivity index (χ0v) is 19.3. The summed E-state index contributed by atoms with van der Waals surface area (Å²) in [6.45, 7) is 0. The number of halogens is 1. The number of hydrogen-bond acceptors (Lipinski definition) is 8. The van der Waals surface area contributed by atoms with E-state index in [1.165, 1.54) is 0 Å². The number of benzene rings is 3. The summed E-state index contributed by atoms with van der Waals surface area (Å²) in [5, 5.41) is 10.0. The van der Waals surface area contributed by atoms with E-state index in [1.54, 1.807) is 20.3 Å². The van der Waals surface area contributed by atoms with Gasteiger partial charge >= 0.3 is 0 Å². The molecule has 1 unspecified atom stereocenters. The lowest BCUT2D eigenvalue weighted by Gasteiger charge is -2.28. The minimum atomic E-state index is -0.629. The average Bonchev–Trinajstić information content (AvgIpc) is 2.82. The van der Waals surface area contributed by atoms with Gasteiger partial charge in [0.25, 0.3) is 0 Å². The van der Waals surface area contributed by atoms with E-state index >= 15 is 0 Å². The van der Waals surface area contributed by atoms with E-state index < -0.39 is 5.92 Å². The lowest BCUT2D eigenvalue weighted by molar-refractivity contribution is 0.385. The Labute approximate surface area is 197 Å². The normalized spacial score (nSPS) is 15.2. The van der Waals surface area contributed by atoms with Crippen molar-refractivity contribution >= 4 is 43.7 Å². The first-order chi connectivity index (χ1) is 16.0. The molecule has 4 aromatic rings. The lowest BCUT2D eigenvalue weighted by atomic mass is 9.82. The van der Waals surface area contributed by atoms with E-state index in [9.17, 15) is 5.26 Å². The van der Waals surface area contributed by atoms with Crippen molar-refractivity contribution in [2.24, 2.45) is 5.73 Å². The molecule has 33 heavy (non-hydrogen) atoms. The molecule has 8 nitrogen and oxygen atoms in total. The van der Waals surface area contributed by atoms with Crippen LogP contribution < -0.4 is 25.7 Å². The van der Waals surface area contributed by atoms with Gasteiger partial charge in [0.1, 0.15) is 27.6 Å². The molecule has 0 spiro atoms. The summed E-state index contributed by atoms with van der Waals surface area (Å²) in [4.78, 5) is 9.60. The van der Waals surface area contributed by atoms with Crippen LogP contribution in [0.1, 0.15) is 17.0 Å². The predicted molar refractivity (Wildman–Crippen MR) is 128 cm³/mol. The van der Waals surface area contributed by atoms with E-state index in [2.05, 4.69) is 22.0 Å². The molecule has 0 saturated carbocycles. The molecule has 0 aliphatic carbocycles. The van der Waals surface area contributed by atoms with E-state index in [0.717, 1.165) is 5.52 Å². The Kier molecular flexibility index (Phi) is 4.95. The van der Waals surface area contributed by atoms with Gasteiger partial charge in [0.15, 0.2) is 5.75 Å². The molecule has 1 aromatic heterocycles. The maximum absolute atomic E-state index is 10.0. The molecule has 164 valence electrons. The Morgan fingerprint density at radius 1 is 1.00 bits per heavy atom. The zero-order chi connectivity index (χ0) is 23.3. The Bertz CT molecular complexity index is 1500. The van der Waals surface area contributed by atoms with Gasteiger partial charge in [0.05, 0.1) is 47.9 Å². The molecule has 0 fully saturated rings. The minimum absolute atomic E-state index is 0.0179. The van der Waals surface area contributed by atoms with E-state index in [-0.39, 0.29) is 11.5 Å². The molecular weight excluding hydrogens is 486 g/mol. The second kappa shape index (κ2) is 7.83. The molecule has 1 atom stereocenters. The van der Waals surface area contributed by atoms with Crippen LogP contribution in [0.5, 0.6) is 17.2 Å². The highest BCUT2D eigenvalue weighted by Gasteiger charge is 2.35. The third-order valence-electron chi connectivity index (χ3n) is 5.63. The summed E-state index contributed by atoms with van der Waals surface area (Å²) in [5.74, 6) is 0.789. The predicted octanol–water partition coefficient (Wildman–Crippen LogP) is 4.36. The third kappa shape index (κ3) is 3.18. The largest absolute Gasteiger partial charge is 0.495 e. The fourth-order valence-electron chi connectivity index (χ4n) is 4.13. The van der Waals surface area contributed by atoms with Gasteiger partial charge < -0.3 is 25.7 Å². The Balaban J connectivity index is 1.90. The smallest absolute Gasteiger partial charge is 0.205 e. The van der Waals surface area contributed by atoms with Crippen LogP contribution in [0.2, 0.25) is 0 Å². The SMILES string of the molecule is COc1cc(C2C(C#N)=C(N)Oc3c(N)cc4nc5ccccc5nc4c32)cc(OC)c1Br. The molecule has 0 saturated heterocycles. The molecule has 9 heteroatoms. The summed E-state index contributed by atoms with van der Waals surface area (Å²) in [5.41, 5.74) is 17.1. The van der Waals surface area contributed by atoms with Crippen molar-refractivity contribution in [3.8, 4) is 23.3 Å². The molecule has 0 amide bonds. The fraction of sp³-hybridized carbons (Fsp3) is 0.125. The first kappa shape index (κ1) is 20.8. The number of methoxy groups -OCH3 is 2. The fourth-order valence-corrected chi connectivity index (χ4v) is 4.68. The topological polar surface area (TPSA) is 129 Å². The van der Waals surface area contributed by atoms with Crippen molar-refractivity contribution in [3.63, 3.8) is 0 Å². The number of ether oxygens (including phenoxy) is 3. The van der Waals surface area contributed by atoms with E-state index in [1.807, 2.05) is 36.4 Å². The van der Waals surface area contributed by atoms with Crippen LogP contribution in [0.3, 0.4) is 0 Å². The second-order valence-corrected chi connectivity index (χ2v) is 8.25. The van der Waals surface area contributed by atoms with E-state index in [0.29, 0.717) is 55.1 Å². The Morgan fingerprint density at radius 3 is 2.24 bits per heavy atom. The number of anilines is 1. The molecule has 3 aromatic carbocycles. The van der Waals surface area contributed by atoms with Crippen molar-refractivity contribution in [3.05, 3.63) is 69.5 Å². The first-order valence-corrected chi connectivity index (χ1v) is 10.7. The van der Waals surface area contributed by atoms with Crippen LogP contribution >= 0.6 is 15.9 Å². The highest BCUT2D eigenvalue weighted by atomic mass is 79.9. The van der Waals surface area contributed by atoms with Crippen LogP contribution in [0.15, 0.2) is 58.4 Å². The van der Waals surface area contributed by atoms with Crippen molar-refractivity contribution in [1.29, 1.82) is 5.26 Å². The van der Waals surface area contributed by atoms with Gasteiger partial charge in [-0.3, -0.25) is 0 Å². The number of allylic oxidation sites excluding steroid dienone is 1. The summed E-state index contributed by atoms with van der Waals surface area (Å²) in [6, 6.07) is 15.1. The molecule has 0 bridgehead atoms. The minimum Gasteiger partial charge on any atom is -0.495 e. The number of nitriles is 1. The van der Waals surface area contributed by atoms with Gasteiger partial charge in [-0.2, -0.15) is 5.26 Å². The number of nitrogens with two attached hydrogens (primary N) is 2. The summed E-state index contributed by atoms with van der Waals surface area (Å²) in [6.07, 6.45) is 0. The maximum Gasteiger partial charge on any atom is 0.205 e. The van der Waals surface area contributed by atoms with Gasteiger partial charge in [-0.15, -0.1) is 0 Å². The van der Waals surface area contributed by atoms with Gasteiger partial charge in [-0.1, -0.05) is 12.1 Å². The van der Waals surface area contributed by atoms with Crippen LogP contribution in [-0.4, -0.2) is 24.2 Å². The molecular formula is C24H18BrN5O3. The first-order valence-electron chi connectivity index (χ1n) is 9.94. The molecule has 1 aliphatic rings. The Morgan fingerprint density at radius 2 is 1.64 bits per heavy atom. The highest BCUT2D eigenvalue weighted by Crippen LogP contribution is 2.50. The number of nitrogen functional groups attached to an aromatic ring is 1. The molecule has 4 N–H and O–H groups in total. The summed E-state index contributed by atoms with van der Waals surface area (Å²) in [7, 11) is 3.11. The Hall–Kier alpha value is -4.03. The summed E-state index contributed by atoms with van der Waals surface area (Å²) >= 11 is 3.50. The third-order valence-corrected chi connectivity index (χ3v) is 6.41. The van der Waals surface area contributed by atoms with Crippen LogP contribution in [0.4, 0.5) is 5.69 Å². The van der Waals surface area contributed by atoms with Gasteiger partial charge in [-0.25, -0.2) is 9.97 Å². The number of rotatable bonds is 3. The van der Waals surface area contributed by atoms with Gasteiger partial charge in [-0.05, 0) is 51.8 Å². The van der Waals surface area contributed by atoms with Crippen molar-refractivity contribution in [2.75, 3.05) is 20.0 Å². The van der Waals surface area contributed by atoms with Crippen LogP contribution in [-0.2, 0) is 0 Å². The lowest BCUT2D eigenvalue weighted by Crippen LogP contribution is -2.22. The van der Waals surface area contributed by atoms with E-state index in [4.69, 9.17) is 35.6 Å². The molecule has 2 heterocycles. The summed E-state index contributed by atoms with van der Waals surface area (Å²) < 4.78 is 17.6. The average molecular weight is 504 g/mol. The molecule has 0 radical (unpaired) electrons. The number of aromatic nitrogens is 2. The maximum atomic E-state index is 10.0. The van der Waals surface area contributed by atoms with Gasteiger partial charge in [0, 0.05) is 5.56 Å². The van der Waals surface area contributed by atoms with Crippen LogP contribution in [0, 0.1) is 11.3 Å². The van der Waals surface area contributed by atoms with Crippen molar-refractivity contribution in [2.45, 2.75) is 5.92 Å². The number of nitrogens with zero attached hydrogens (tertiary/aromatic N) is 3. The quantitative estimate of drug-likeness (QED) is 0.311.